The van der Waals surface area contributed by atoms with Crippen LogP contribution in [0.3, 0.4) is 0 Å². The van der Waals surface area contributed by atoms with Crippen molar-refractivity contribution in [1.82, 2.24) is 15.2 Å². The minimum absolute atomic E-state index is 0.0589. The third-order valence-electron chi connectivity index (χ3n) is 6.54. The van der Waals surface area contributed by atoms with Crippen molar-refractivity contribution in [1.29, 1.82) is 0 Å². The fourth-order valence-electron chi connectivity index (χ4n) is 5.69. The molecule has 2 aromatic rings. The highest BCUT2D eigenvalue weighted by atomic mass is 16.5. The Bertz CT molecular complexity index is 910. The number of carbonyl (C=O) groups excluding carboxylic acids is 1. The second-order valence-corrected chi connectivity index (χ2v) is 10.8. The number of hydrogen-bond acceptors (Lipinski definition) is 4. The first kappa shape index (κ1) is 22.9. The van der Waals surface area contributed by atoms with Crippen molar-refractivity contribution < 1.29 is 9.53 Å². The van der Waals surface area contributed by atoms with E-state index in [1.54, 1.807) is 0 Å². The molecule has 0 aliphatic carbocycles. The molecule has 0 unspecified atom stereocenters. The summed E-state index contributed by atoms with van der Waals surface area (Å²) in [5, 5.41) is 3.71. The van der Waals surface area contributed by atoms with E-state index in [9.17, 15) is 4.79 Å². The monoisotopic (exact) mass is 435 g/mol. The zero-order chi connectivity index (χ0) is 22.8. The van der Waals surface area contributed by atoms with E-state index in [1.165, 1.54) is 5.56 Å². The minimum Gasteiger partial charge on any atom is -0.368 e. The maximum Gasteiger partial charge on any atom is 0.223 e. The molecule has 0 spiro atoms. The average Bonchev–Trinajstić information content (AvgIpc) is 2.72. The summed E-state index contributed by atoms with van der Waals surface area (Å²) in [6.45, 7) is 10.8. The van der Waals surface area contributed by atoms with Crippen LogP contribution in [0.5, 0.6) is 0 Å². The SMILES string of the molecule is CC1(C)CC(CC(=O)N2CCO[C@H](c3cccc(Cc4ccccc4)n3)C2)CC(C)(C)N1. The molecule has 1 N–H and O–H groups in total. The van der Waals surface area contributed by atoms with E-state index >= 15 is 0 Å². The van der Waals surface area contributed by atoms with Gasteiger partial charge in [-0.25, -0.2) is 0 Å². The lowest BCUT2D eigenvalue weighted by atomic mass is 9.74. The number of piperidine rings is 1. The van der Waals surface area contributed by atoms with Crippen LogP contribution in [0.2, 0.25) is 0 Å². The molecule has 2 fully saturated rings. The number of ether oxygens (including phenoxy) is 1. The van der Waals surface area contributed by atoms with Crippen LogP contribution >= 0.6 is 0 Å². The molecule has 4 rings (SSSR count). The van der Waals surface area contributed by atoms with Gasteiger partial charge in [-0.2, -0.15) is 0 Å². The summed E-state index contributed by atoms with van der Waals surface area (Å²) in [5.74, 6) is 0.652. The highest BCUT2D eigenvalue weighted by Crippen LogP contribution is 2.35. The number of morpholine rings is 1. The van der Waals surface area contributed by atoms with Crippen molar-refractivity contribution in [3.63, 3.8) is 0 Å². The molecule has 5 heteroatoms. The fourth-order valence-corrected chi connectivity index (χ4v) is 5.69. The third kappa shape index (κ3) is 5.96. The summed E-state index contributed by atoms with van der Waals surface area (Å²) >= 11 is 0. The van der Waals surface area contributed by atoms with Crippen molar-refractivity contribution in [2.75, 3.05) is 19.7 Å². The number of nitrogens with one attached hydrogen (secondary N) is 1. The van der Waals surface area contributed by atoms with E-state index in [1.807, 2.05) is 23.1 Å². The number of carbonyl (C=O) groups is 1. The molecular formula is C27H37N3O2. The Morgan fingerprint density at radius 3 is 2.50 bits per heavy atom. The van der Waals surface area contributed by atoms with E-state index in [-0.39, 0.29) is 23.1 Å². The molecule has 0 radical (unpaired) electrons. The van der Waals surface area contributed by atoms with E-state index in [4.69, 9.17) is 9.72 Å². The van der Waals surface area contributed by atoms with E-state index in [0.29, 0.717) is 32.0 Å². The molecule has 2 aliphatic heterocycles. The Hall–Kier alpha value is -2.24. The molecule has 0 bridgehead atoms. The highest BCUT2D eigenvalue weighted by Gasteiger charge is 2.39. The third-order valence-corrected chi connectivity index (χ3v) is 6.54. The first-order valence-corrected chi connectivity index (χ1v) is 11.9. The molecule has 1 aromatic heterocycles. The largest absolute Gasteiger partial charge is 0.368 e. The van der Waals surface area contributed by atoms with Crippen molar-refractivity contribution in [2.24, 2.45) is 5.92 Å². The van der Waals surface area contributed by atoms with Crippen LogP contribution in [-0.4, -0.2) is 46.6 Å². The van der Waals surface area contributed by atoms with Gasteiger partial charge in [-0.1, -0.05) is 36.4 Å². The summed E-state index contributed by atoms with van der Waals surface area (Å²) in [5.41, 5.74) is 3.30. The van der Waals surface area contributed by atoms with Crippen molar-refractivity contribution in [3.8, 4) is 0 Å². The van der Waals surface area contributed by atoms with E-state index < -0.39 is 0 Å². The van der Waals surface area contributed by atoms with Gasteiger partial charge in [0, 0.05) is 36.2 Å². The molecule has 32 heavy (non-hydrogen) atoms. The minimum atomic E-state index is -0.163. The van der Waals surface area contributed by atoms with Gasteiger partial charge in [0.25, 0.3) is 0 Å². The lowest BCUT2D eigenvalue weighted by molar-refractivity contribution is -0.140. The summed E-state index contributed by atoms with van der Waals surface area (Å²) < 4.78 is 6.04. The maximum atomic E-state index is 13.2. The zero-order valence-electron chi connectivity index (χ0n) is 19.9. The molecule has 2 saturated heterocycles. The standard InChI is InChI=1S/C27H37N3O2/c1-26(2)17-21(18-27(3,4)29-26)16-25(31)30-13-14-32-24(19-30)23-12-8-11-22(28-23)15-20-9-6-5-7-10-20/h5-12,21,24,29H,13-19H2,1-4H3/t24-/m0/s1. The number of hydrogen-bond donors (Lipinski definition) is 1. The molecule has 2 aliphatic rings. The number of aromatic nitrogens is 1. The van der Waals surface area contributed by atoms with Gasteiger partial charge in [0.05, 0.1) is 18.8 Å². The van der Waals surface area contributed by atoms with Crippen LogP contribution in [-0.2, 0) is 16.0 Å². The Balaban J connectivity index is 1.39. The molecule has 1 atom stereocenters. The molecule has 0 saturated carbocycles. The second-order valence-electron chi connectivity index (χ2n) is 10.8. The number of nitrogens with zero attached hydrogens (tertiary/aromatic N) is 2. The summed E-state index contributed by atoms with van der Waals surface area (Å²) in [6, 6.07) is 16.5. The van der Waals surface area contributed by atoms with Crippen LogP contribution in [0, 0.1) is 5.92 Å². The van der Waals surface area contributed by atoms with E-state index in [0.717, 1.165) is 30.7 Å². The van der Waals surface area contributed by atoms with Crippen LogP contribution in [0.1, 0.15) is 70.0 Å². The number of benzene rings is 1. The topological polar surface area (TPSA) is 54.5 Å². The molecular weight excluding hydrogens is 398 g/mol. The normalized spacial score (nSPS) is 23.1. The number of pyridine rings is 1. The van der Waals surface area contributed by atoms with Crippen LogP contribution < -0.4 is 5.32 Å². The van der Waals surface area contributed by atoms with Crippen molar-refractivity contribution in [3.05, 3.63) is 65.5 Å². The van der Waals surface area contributed by atoms with E-state index in [2.05, 4.69) is 63.3 Å². The van der Waals surface area contributed by atoms with Crippen molar-refractivity contribution >= 4 is 5.91 Å². The lowest BCUT2D eigenvalue weighted by Crippen LogP contribution is -2.58. The molecule has 172 valence electrons. The molecule has 1 aromatic carbocycles. The first-order chi connectivity index (χ1) is 15.2. The first-order valence-electron chi connectivity index (χ1n) is 11.9. The Kier molecular flexibility index (Phi) is 6.68. The molecule has 3 heterocycles. The van der Waals surface area contributed by atoms with Gasteiger partial charge in [-0.15, -0.1) is 0 Å². The Labute approximate surface area is 192 Å². The maximum absolute atomic E-state index is 13.2. The average molecular weight is 436 g/mol. The highest BCUT2D eigenvalue weighted by molar-refractivity contribution is 5.76. The van der Waals surface area contributed by atoms with Crippen molar-refractivity contribution in [2.45, 2.75) is 70.6 Å². The van der Waals surface area contributed by atoms with Crippen LogP contribution in [0.4, 0.5) is 0 Å². The molecule has 5 nitrogen and oxygen atoms in total. The summed E-state index contributed by atoms with van der Waals surface area (Å²) in [6.07, 6.45) is 3.30. The van der Waals surface area contributed by atoms with Gasteiger partial charge < -0.3 is 15.0 Å². The van der Waals surface area contributed by atoms with Gasteiger partial charge in [0.1, 0.15) is 6.10 Å². The van der Waals surface area contributed by atoms with Gasteiger partial charge in [-0.05, 0) is 64.2 Å². The lowest BCUT2D eigenvalue weighted by Gasteiger charge is -2.47. The Morgan fingerprint density at radius 1 is 1.06 bits per heavy atom. The predicted molar refractivity (Wildman–Crippen MR) is 127 cm³/mol. The molecule has 1 amide bonds. The smallest absolute Gasteiger partial charge is 0.223 e. The quantitative estimate of drug-likeness (QED) is 0.750. The predicted octanol–water partition coefficient (Wildman–Crippen LogP) is 4.52. The van der Waals surface area contributed by atoms with Crippen LogP contribution in [0.15, 0.2) is 48.5 Å². The second kappa shape index (κ2) is 9.32. The Morgan fingerprint density at radius 2 is 1.78 bits per heavy atom. The van der Waals surface area contributed by atoms with Gasteiger partial charge in [0.15, 0.2) is 0 Å². The summed E-state index contributed by atoms with van der Waals surface area (Å²) in [7, 11) is 0. The van der Waals surface area contributed by atoms with Gasteiger partial charge >= 0.3 is 0 Å². The van der Waals surface area contributed by atoms with Crippen LogP contribution in [0.25, 0.3) is 0 Å². The number of amides is 1. The van der Waals surface area contributed by atoms with Gasteiger partial charge in [0.2, 0.25) is 5.91 Å². The summed E-state index contributed by atoms with van der Waals surface area (Å²) in [4.78, 5) is 20.1. The van der Waals surface area contributed by atoms with Gasteiger partial charge in [-0.3, -0.25) is 9.78 Å². The fraction of sp³-hybridized carbons (Fsp3) is 0.556. The zero-order valence-corrected chi connectivity index (χ0v) is 19.9. The number of rotatable bonds is 5.